The number of halogens is 2. The largest absolute Gasteiger partial charge is 0.489 e. The monoisotopic (exact) mass is 311 g/mol. The summed E-state index contributed by atoms with van der Waals surface area (Å²) in [5.41, 5.74) is 0. The first kappa shape index (κ1) is 15.5. The zero-order valence-electron chi connectivity index (χ0n) is 11.1. The number of benzene rings is 1. The topological polar surface area (TPSA) is 88.8 Å². The molecule has 1 aromatic carbocycles. The van der Waals surface area contributed by atoms with Crippen molar-refractivity contribution in [2.75, 3.05) is 13.2 Å². The van der Waals surface area contributed by atoms with Crippen LogP contribution in [0.3, 0.4) is 0 Å². The van der Waals surface area contributed by atoms with E-state index >= 15 is 0 Å². The van der Waals surface area contributed by atoms with Gasteiger partial charge in [-0.25, -0.2) is 13.6 Å². The summed E-state index contributed by atoms with van der Waals surface area (Å²) in [4.78, 5) is 22.2. The highest BCUT2D eigenvalue weighted by Gasteiger charge is 2.14. The van der Waals surface area contributed by atoms with Crippen molar-refractivity contribution in [3.63, 3.8) is 0 Å². The number of nitrogens with one attached hydrogen (secondary N) is 1. The number of hydrogen-bond donors (Lipinski definition) is 2. The molecule has 0 saturated heterocycles. The van der Waals surface area contributed by atoms with Gasteiger partial charge in [-0.05, 0) is 24.3 Å². The molecule has 0 spiro atoms. The number of ether oxygens (including phenoxy) is 1. The van der Waals surface area contributed by atoms with E-state index in [-0.39, 0.29) is 30.4 Å². The van der Waals surface area contributed by atoms with E-state index in [9.17, 15) is 18.4 Å². The predicted molar refractivity (Wildman–Crippen MR) is 69.9 cm³/mol. The van der Waals surface area contributed by atoms with Crippen LogP contribution in [-0.4, -0.2) is 30.1 Å². The van der Waals surface area contributed by atoms with Crippen LogP contribution in [0.5, 0.6) is 5.75 Å². The van der Waals surface area contributed by atoms with Gasteiger partial charge < -0.3 is 19.6 Å². The molecule has 1 aromatic heterocycles. The number of carboxylic acids is 1. The van der Waals surface area contributed by atoms with Gasteiger partial charge in [0.25, 0.3) is 5.91 Å². The Kier molecular flexibility index (Phi) is 4.72. The van der Waals surface area contributed by atoms with E-state index < -0.39 is 23.5 Å². The molecule has 2 N–H and O–H groups in total. The molecule has 2 rings (SSSR count). The molecule has 0 saturated carbocycles. The minimum Gasteiger partial charge on any atom is -0.489 e. The molecule has 1 amide bonds. The number of carboxylic acid groups (broad SMARTS) is 1. The smallest absolute Gasteiger partial charge is 0.371 e. The maximum atomic E-state index is 13.3. The van der Waals surface area contributed by atoms with E-state index in [0.717, 1.165) is 18.2 Å². The van der Waals surface area contributed by atoms with E-state index in [1.54, 1.807) is 0 Å². The quantitative estimate of drug-likeness (QED) is 0.797. The third-order valence-electron chi connectivity index (χ3n) is 2.58. The number of hydrogen-bond acceptors (Lipinski definition) is 4. The third-order valence-corrected chi connectivity index (χ3v) is 2.58. The van der Waals surface area contributed by atoms with Crippen LogP contribution in [0, 0.1) is 11.6 Å². The van der Waals surface area contributed by atoms with Gasteiger partial charge in [-0.1, -0.05) is 0 Å². The molecule has 0 aliphatic carbocycles. The summed E-state index contributed by atoms with van der Waals surface area (Å²) in [6.45, 7) is -0.0282. The van der Waals surface area contributed by atoms with Crippen molar-refractivity contribution in [1.82, 2.24) is 5.32 Å². The van der Waals surface area contributed by atoms with Gasteiger partial charge in [-0.2, -0.15) is 0 Å². The van der Waals surface area contributed by atoms with Crippen LogP contribution in [0.4, 0.5) is 8.78 Å². The van der Waals surface area contributed by atoms with E-state index in [4.69, 9.17) is 14.3 Å². The molecule has 8 heteroatoms. The molecular formula is C14H11F2NO5. The molecule has 1 heterocycles. The SMILES string of the molecule is O=C(O)c1ccc(C(=O)NCCOc2ccc(F)cc2F)o1. The van der Waals surface area contributed by atoms with Gasteiger partial charge in [0.1, 0.15) is 12.4 Å². The maximum absolute atomic E-state index is 13.3. The fourth-order valence-corrected chi connectivity index (χ4v) is 1.58. The molecule has 0 radical (unpaired) electrons. The lowest BCUT2D eigenvalue weighted by atomic mass is 10.3. The first-order valence-electron chi connectivity index (χ1n) is 6.16. The van der Waals surface area contributed by atoms with Crippen LogP contribution in [0.15, 0.2) is 34.7 Å². The van der Waals surface area contributed by atoms with Gasteiger partial charge in [0.15, 0.2) is 17.3 Å². The van der Waals surface area contributed by atoms with E-state index in [1.165, 1.54) is 6.07 Å². The van der Waals surface area contributed by atoms with E-state index in [1.807, 2.05) is 0 Å². The highest BCUT2D eigenvalue weighted by molar-refractivity contribution is 5.93. The molecular weight excluding hydrogens is 300 g/mol. The van der Waals surface area contributed by atoms with Gasteiger partial charge in [-0.15, -0.1) is 0 Å². The van der Waals surface area contributed by atoms with Crippen LogP contribution >= 0.6 is 0 Å². The van der Waals surface area contributed by atoms with Crippen LogP contribution < -0.4 is 10.1 Å². The van der Waals surface area contributed by atoms with Crippen molar-refractivity contribution in [2.24, 2.45) is 0 Å². The molecule has 0 aliphatic heterocycles. The zero-order valence-corrected chi connectivity index (χ0v) is 11.1. The summed E-state index contributed by atoms with van der Waals surface area (Å²) in [5, 5.41) is 11.1. The fourth-order valence-electron chi connectivity index (χ4n) is 1.58. The molecule has 0 fully saturated rings. The Balaban J connectivity index is 1.80. The molecule has 2 aromatic rings. The summed E-state index contributed by atoms with van der Waals surface area (Å²) in [6.07, 6.45) is 0. The Bertz CT molecular complexity index is 698. The first-order chi connectivity index (χ1) is 10.5. The molecule has 116 valence electrons. The van der Waals surface area contributed by atoms with Crippen molar-refractivity contribution < 1.29 is 32.6 Å². The average molecular weight is 311 g/mol. The number of carbonyl (C=O) groups excluding carboxylic acids is 1. The van der Waals surface area contributed by atoms with Crippen molar-refractivity contribution in [3.05, 3.63) is 53.5 Å². The first-order valence-corrected chi connectivity index (χ1v) is 6.16. The van der Waals surface area contributed by atoms with Crippen LogP contribution in [0.25, 0.3) is 0 Å². The van der Waals surface area contributed by atoms with Crippen LogP contribution in [0.1, 0.15) is 21.1 Å². The molecule has 0 unspecified atom stereocenters. The minimum absolute atomic E-state index is 0.0265. The second-order valence-corrected chi connectivity index (χ2v) is 4.15. The lowest BCUT2D eigenvalue weighted by Crippen LogP contribution is -2.27. The summed E-state index contributed by atoms with van der Waals surface area (Å²) in [7, 11) is 0. The predicted octanol–water partition coefficient (Wildman–Crippen LogP) is 2.06. The number of furan rings is 1. The second-order valence-electron chi connectivity index (χ2n) is 4.15. The van der Waals surface area contributed by atoms with E-state index in [0.29, 0.717) is 6.07 Å². The minimum atomic E-state index is -1.28. The number of carbonyl (C=O) groups is 2. The second kappa shape index (κ2) is 6.70. The average Bonchev–Trinajstić information content (AvgIpc) is 2.95. The molecule has 6 nitrogen and oxygen atoms in total. The van der Waals surface area contributed by atoms with Crippen molar-refractivity contribution >= 4 is 11.9 Å². The highest BCUT2D eigenvalue weighted by Crippen LogP contribution is 2.17. The standard InChI is InChI=1S/C14H11F2NO5/c15-8-1-2-10(9(16)7-8)21-6-5-17-13(18)11-3-4-12(22-11)14(19)20/h1-4,7H,5-6H2,(H,17,18)(H,19,20). The van der Waals surface area contributed by atoms with Gasteiger partial charge in [0, 0.05) is 6.07 Å². The van der Waals surface area contributed by atoms with Crippen molar-refractivity contribution in [3.8, 4) is 5.75 Å². The van der Waals surface area contributed by atoms with Crippen molar-refractivity contribution in [2.45, 2.75) is 0 Å². The van der Waals surface area contributed by atoms with Gasteiger partial charge >= 0.3 is 5.97 Å². The summed E-state index contributed by atoms with van der Waals surface area (Å²) in [5.74, 6) is -4.12. The third kappa shape index (κ3) is 3.81. The highest BCUT2D eigenvalue weighted by atomic mass is 19.1. The zero-order chi connectivity index (χ0) is 16.1. The Labute approximate surface area is 123 Å². The fraction of sp³-hybridized carbons (Fsp3) is 0.143. The Morgan fingerprint density at radius 3 is 2.55 bits per heavy atom. The number of rotatable bonds is 6. The van der Waals surface area contributed by atoms with Crippen LogP contribution in [-0.2, 0) is 0 Å². The van der Waals surface area contributed by atoms with Gasteiger partial charge in [0.2, 0.25) is 5.76 Å². The number of amides is 1. The van der Waals surface area contributed by atoms with Gasteiger partial charge in [0.05, 0.1) is 6.54 Å². The lowest BCUT2D eigenvalue weighted by molar-refractivity contribution is 0.0659. The van der Waals surface area contributed by atoms with Gasteiger partial charge in [-0.3, -0.25) is 4.79 Å². The Morgan fingerprint density at radius 1 is 1.18 bits per heavy atom. The lowest BCUT2D eigenvalue weighted by Gasteiger charge is -2.07. The Morgan fingerprint density at radius 2 is 1.91 bits per heavy atom. The molecule has 22 heavy (non-hydrogen) atoms. The Hall–Kier alpha value is -2.90. The van der Waals surface area contributed by atoms with Crippen LogP contribution in [0.2, 0.25) is 0 Å². The van der Waals surface area contributed by atoms with E-state index in [2.05, 4.69) is 5.32 Å². The van der Waals surface area contributed by atoms with Crippen molar-refractivity contribution in [1.29, 1.82) is 0 Å². The normalized spacial score (nSPS) is 10.3. The molecule has 0 bridgehead atoms. The molecule has 0 aliphatic rings. The summed E-state index contributed by atoms with van der Waals surface area (Å²) < 4.78 is 35.8. The summed E-state index contributed by atoms with van der Waals surface area (Å²) >= 11 is 0. The maximum Gasteiger partial charge on any atom is 0.371 e. The molecule has 0 atom stereocenters. The summed E-state index contributed by atoms with van der Waals surface area (Å²) in [6, 6.07) is 5.25. The number of aromatic carboxylic acids is 1.